The molecule has 1 saturated carbocycles. The second kappa shape index (κ2) is 7.08. The molecule has 2 aromatic rings. The largest absolute Gasteiger partial charge is 0.368 e. The first-order valence-electron chi connectivity index (χ1n) is 8.38. The zero-order valence-corrected chi connectivity index (χ0v) is 13.8. The van der Waals surface area contributed by atoms with Gasteiger partial charge in [0, 0.05) is 11.4 Å². The molecule has 0 unspecified atom stereocenters. The van der Waals surface area contributed by atoms with Crippen LogP contribution in [0.15, 0.2) is 18.5 Å². The van der Waals surface area contributed by atoms with Crippen LogP contribution < -0.4 is 5.32 Å². The Hall–Kier alpha value is -1.95. The summed E-state index contributed by atoms with van der Waals surface area (Å²) < 4.78 is 7.56. The molecule has 1 N–H and O–H groups in total. The molecule has 1 fully saturated rings. The molecule has 6 nitrogen and oxygen atoms in total. The van der Waals surface area contributed by atoms with Crippen LogP contribution in [-0.2, 0) is 9.53 Å². The first kappa shape index (κ1) is 15.9. The van der Waals surface area contributed by atoms with Crippen molar-refractivity contribution in [2.75, 3.05) is 11.9 Å². The third-order valence-electron chi connectivity index (χ3n) is 4.21. The molecule has 0 spiro atoms. The number of hydrogen-bond acceptors (Lipinski definition) is 4. The van der Waals surface area contributed by atoms with Crippen molar-refractivity contribution in [2.45, 2.75) is 58.1 Å². The standard InChI is InChI=1S/C17H24N4O2/c1-12(2)21-17-13(9-19-21)8-14(10-18-17)20-16(22)11-23-15-6-4-3-5-7-15/h8-10,12,15H,3-7,11H2,1-2H3,(H,20,22). The molecule has 0 radical (unpaired) electrons. The number of nitrogens with zero attached hydrogens (tertiary/aromatic N) is 3. The lowest BCUT2D eigenvalue weighted by Crippen LogP contribution is -2.24. The molecule has 2 heterocycles. The van der Waals surface area contributed by atoms with Gasteiger partial charge in [-0.3, -0.25) is 4.79 Å². The van der Waals surface area contributed by atoms with E-state index in [9.17, 15) is 4.79 Å². The number of ether oxygens (including phenoxy) is 1. The molecule has 23 heavy (non-hydrogen) atoms. The van der Waals surface area contributed by atoms with Gasteiger partial charge in [0.25, 0.3) is 0 Å². The third-order valence-corrected chi connectivity index (χ3v) is 4.21. The molecule has 1 amide bonds. The Morgan fingerprint density at radius 1 is 1.35 bits per heavy atom. The van der Waals surface area contributed by atoms with E-state index < -0.39 is 0 Å². The minimum Gasteiger partial charge on any atom is -0.368 e. The quantitative estimate of drug-likeness (QED) is 0.919. The summed E-state index contributed by atoms with van der Waals surface area (Å²) in [6, 6.07) is 2.15. The number of amides is 1. The SMILES string of the molecule is CC(C)n1ncc2cc(NC(=O)COC3CCCCC3)cnc21. The smallest absolute Gasteiger partial charge is 0.250 e. The van der Waals surface area contributed by atoms with Crippen molar-refractivity contribution < 1.29 is 9.53 Å². The highest BCUT2D eigenvalue weighted by atomic mass is 16.5. The maximum atomic E-state index is 12.0. The Morgan fingerprint density at radius 3 is 2.87 bits per heavy atom. The molecule has 1 aliphatic carbocycles. The van der Waals surface area contributed by atoms with E-state index in [1.54, 1.807) is 12.4 Å². The summed E-state index contributed by atoms with van der Waals surface area (Å²) in [6.07, 6.45) is 9.49. The summed E-state index contributed by atoms with van der Waals surface area (Å²) in [4.78, 5) is 16.4. The topological polar surface area (TPSA) is 69.0 Å². The number of nitrogens with one attached hydrogen (secondary N) is 1. The van der Waals surface area contributed by atoms with Gasteiger partial charge in [-0.25, -0.2) is 9.67 Å². The Kier molecular flexibility index (Phi) is 4.91. The predicted molar refractivity (Wildman–Crippen MR) is 89.4 cm³/mol. The second-order valence-electron chi connectivity index (χ2n) is 6.44. The van der Waals surface area contributed by atoms with Crippen molar-refractivity contribution in [1.82, 2.24) is 14.8 Å². The molecule has 6 heteroatoms. The number of pyridine rings is 1. The Labute approximate surface area is 136 Å². The lowest BCUT2D eigenvalue weighted by atomic mass is 9.98. The van der Waals surface area contributed by atoms with Gasteiger partial charge in [0.15, 0.2) is 5.65 Å². The van der Waals surface area contributed by atoms with Crippen LogP contribution in [0.3, 0.4) is 0 Å². The number of hydrogen-bond donors (Lipinski definition) is 1. The van der Waals surface area contributed by atoms with E-state index >= 15 is 0 Å². The number of anilines is 1. The van der Waals surface area contributed by atoms with Crippen LogP contribution in [0.5, 0.6) is 0 Å². The molecule has 1 aliphatic rings. The Morgan fingerprint density at radius 2 is 2.13 bits per heavy atom. The Bertz CT molecular complexity index is 674. The number of aromatic nitrogens is 3. The fraction of sp³-hybridized carbons (Fsp3) is 0.588. The van der Waals surface area contributed by atoms with Gasteiger partial charge in [-0.2, -0.15) is 5.10 Å². The monoisotopic (exact) mass is 316 g/mol. The van der Waals surface area contributed by atoms with Gasteiger partial charge in [-0.05, 0) is 32.8 Å². The number of carbonyl (C=O) groups excluding carboxylic acids is 1. The summed E-state index contributed by atoms with van der Waals surface area (Å²) in [5, 5.41) is 8.10. The molecule has 3 rings (SSSR count). The van der Waals surface area contributed by atoms with Gasteiger partial charge >= 0.3 is 0 Å². The highest BCUT2D eigenvalue weighted by molar-refractivity contribution is 5.93. The number of carbonyl (C=O) groups is 1. The van der Waals surface area contributed by atoms with Crippen molar-refractivity contribution in [3.63, 3.8) is 0 Å². The molecule has 0 bridgehead atoms. The van der Waals surface area contributed by atoms with Gasteiger partial charge in [0.2, 0.25) is 5.91 Å². The van der Waals surface area contributed by atoms with Crippen molar-refractivity contribution in [2.24, 2.45) is 0 Å². The maximum absolute atomic E-state index is 12.0. The van der Waals surface area contributed by atoms with Crippen LogP contribution in [0.4, 0.5) is 5.69 Å². The van der Waals surface area contributed by atoms with E-state index in [1.807, 2.05) is 10.7 Å². The van der Waals surface area contributed by atoms with Crippen molar-refractivity contribution in [3.05, 3.63) is 18.5 Å². The lowest BCUT2D eigenvalue weighted by Gasteiger charge is -2.21. The van der Waals surface area contributed by atoms with Gasteiger partial charge in [0.05, 0.1) is 24.2 Å². The summed E-state index contributed by atoms with van der Waals surface area (Å²) in [5.41, 5.74) is 1.51. The van der Waals surface area contributed by atoms with Gasteiger partial charge in [-0.1, -0.05) is 19.3 Å². The fourth-order valence-electron chi connectivity index (χ4n) is 3.01. The lowest BCUT2D eigenvalue weighted by molar-refractivity contribution is -0.123. The summed E-state index contributed by atoms with van der Waals surface area (Å²) in [7, 11) is 0. The minimum atomic E-state index is -0.132. The highest BCUT2D eigenvalue weighted by Crippen LogP contribution is 2.21. The van der Waals surface area contributed by atoms with E-state index in [-0.39, 0.29) is 24.7 Å². The number of rotatable bonds is 5. The van der Waals surface area contributed by atoms with Crippen LogP contribution in [0.25, 0.3) is 11.0 Å². The fourth-order valence-corrected chi connectivity index (χ4v) is 3.01. The van der Waals surface area contributed by atoms with E-state index in [0.717, 1.165) is 23.9 Å². The van der Waals surface area contributed by atoms with Gasteiger partial charge in [-0.15, -0.1) is 0 Å². The first-order chi connectivity index (χ1) is 11.1. The average molecular weight is 316 g/mol. The molecular weight excluding hydrogens is 292 g/mol. The van der Waals surface area contributed by atoms with Crippen LogP contribution in [-0.4, -0.2) is 33.4 Å². The first-order valence-corrected chi connectivity index (χ1v) is 8.38. The van der Waals surface area contributed by atoms with E-state index in [2.05, 4.69) is 29.2 Å². The minimum absolute atomic E-state index is 0.105. The summed E-state index contributed by atoms with van der Waals surface area (Å²) >= 11 is 0. The molecule has 2 aromatic heterocycles. The van der Waals surface area contributed by atoms with Crippen LogP contribution in [0.2, 0.25) is 0 Å². The van der Waals surface area contributed by atoms with E-state index in [0.29, 0.717) is 5.69 Å². The van der Waals surface area contributed by atoms with Crippen molar-refractivity contribution >= 4 is 22.6 Å². The van der Waals surface area contributed by atoms with Gasteiger partial charge < -0.3 is 10.1 Å². The molecule has 0 saturated heterocycles. The van der Waals surface area contributed by atoms with Crippen molar-refractivity contribution in [3.8, 4) is 0 Å². The molecule has 124 valence electrons. The third kappa shape index (κ3) is 3.88. The van der Waals surface area contributed by atoms with E-state index in [4.69, 9.17) is 4.74 Å². The normalized spacial score (nSPS) is 16.1. The molecule has 0 aromatic carbocycles. The summed E-state index contributed by atoms with van der Waals surface area (Å²) in [6.45, 7) is 4.23. The van der Waals surface area contributed by atoms with Crippen LogP contribution >= 0.6 is 0 Å². The zero-order valence-electron chi connectivity index (χ0n) is 13.8. The molecular formula is C17H24N4O2. The van der Waals surface area contributed by atoms with Crippen molar-refractivity contribution in [1.29, 1.82) is 0 Å². The maximum Gasteiger partial charge on any atom is 0.250 e. The van der Waals surface area contributed by atoms with Crippen LogP contribution in [0.1, 0.15) is 52.0 Å². The second-order valence-corrected chi connectivity index (χ2v) is 6.44. The summed E-state index contributed by atoms with van der Waals surface area (Å²) in [5.74, 6) is -0.132. The molecule has 0 aliphatic heterocycles. The Balaban J connectivity index is 1.58. The van der Waals surface area contributed by atoms with E-state index in [1.165, 1.54) is 19.3 Å². The zero-order chi connectivity index (χ0) is 16.2. The predicted octanol–water partition coefficient (Wildman–Crippen LogP) is 3.30. The average Bonchev–Trinajstić information content (AvgIpc) is 2.97. The molecule has 0 atom stereocenters. The number of fused-ring (bicyclic) bond motifs is 1. The highest BCUT2D eigenvalue weighted by Gasteiger charge is 2.15. The van der Waals surface area contributed by atoms with Gasteiger partial charge in [0.1, 0.15) is 6.61 Å². The van der Waals surface area contributed by atoms with Crippen LogP contribution in [0, 0.1) is 0 Å².